The van der Waals surface area contributed by atoms with Crippen LogP contribution in [0.3, 0.4) is 0 Å². The van der Waals surface area contributed by atoms with Gasteiger partial charge in [-0.25, -0.2) is 0 Å². The van der Waals surface area contributed by atoms with Gasteiger partial charge in [0.25, 0.3) is 0 Å². The van der Waals surface area contributed by atoms with Crippen LogP contribution < -0.4 is 5.73 Å². The number of aldehydes is 1. The van der Waals surface area contributed by atoms with Gasteiger partial charge in [-0.1, -0.05) is 20.8 Å². The number of carbonyl (C=O) groups excluding carboxylic acids is 2. The van der Waals surface area contributed by atoms with E-state index in [0.717, 1.165) is 6.29 Å². The molecular weight excluding hydrogens is 232 g/mol. The molecule has 1 amide bonds. The highest BCUT2D eigenvalue weighted by Gasteiger charge is 2.32. The van der Waals surface area contributed by atoms with Gasteiger partial charge in [0.15, 0.2) is 0 Å². The molecule has 0 heterocycles. The average molecular weight is 258 g/mol. The molecule has 0 aliphatic carbocycles. The molecule has 0 fully saturated rings. The van der Waals surface area contributed by atoms with Gasteiger partial charge in [0.2, 0.25) is 5.91 Å². The summed E-state index contributed by atoms with van der Waals surface area (Å²) in [4.78, 5) is 24.4. The number of nitrogens with zero attached hydrogens (tertiary/aromatic N) is 1. The van der Waals surface area contributed by atoms with Gasteiger partial charge in [-0.2, -0.15) is 0 Å². The number of carbonyl (C=O) groups is 2. The Labute approximate surface area is 110 Å². The molecule has 0 radical (unpaired) electrons. The van der Waals surface area contributed by atoms with E-state index < -0.39 is 6.04 Å². The number of rotatable bonds is 8. The van der Waals surface area contributed by atoms with Gasteiger partial charge < -0.3 is 20.2 Å². The molecule has 0 unspecified atom stereocenters. The van der Waals surface area contributed by atoms with E-state index in [1.54, 1.807) is 19.1 Å². The second-order valence-corrected chi connectivity index (χ2v) is 4.88. The smallest absolute Gasteiger partial charge is 0.239 e. The van der Waals surface area contributed by atoms with Crippen LogP contribution in [0.4, 0.5) is 0 Å². The first kappa shape index (κ1) is 17.1. The first-order chi connectivity index (χ1) is 8.40. The lowest BCUT2D eigenvalue weighted by Gasteiger charge is -2.37. The van der Waals surface area contributed by atoms with E-state index in [1.807, 2.05) is 20.8 Å². The molecule has 0 aliphatic heterocycles. The number of nitrogens with two attached hydrogens (primary N) is 1. The molecule has 2 N–H and O–H groups in total. The largest absolute Gasteiger partial charge is 0.379 e. The Hall–Kier alpha value is -0.940. The summed E-state index contributed by atoms with van der Waals surface area (Å²) in [6.45, 7) is 5.88. The quantitative estimate of drug-likeness (QED) is 0.654. The SMILES string of the molecule is CC[C@H](N)C(=O)N(C)[C@@H](C(C)C)[C@@H](CC=O)OC. The molecule has 0 aliphatic rings. The number of hydrogen-bond donors (Lipinski definition) is 1. The molecule has 0 bridgehead atoms. The van der Waals surface area contributed by atoms with Gasteiger partial charge in [-0.15, -0.1) is 0 Å². The Morgan fingerprint density at radius 2 is 2.00 bits per heavy atom. The predicted octanol–water partition coefficient (Wildman–Crippen LogP) is 0.811. The number of hydrogen-bond acceptors (Lipinski definition) is 4. The third-order valence-corrected chi connectivity index (χ3v) is 3.25. The highest BCUT2D eigenvalue weighted by atomic mass is 16.5. The summed E-state index contributed by atoms with van der Waals surface area (Å²) in [5, 5.41) is 0. The topological polar surface area (TPSA) is 72.6 Å². The van der Waals surface area contributed by atoms with Gasteiger partial charge in [0.05, 0.1) is 18.2 Å². The van der Waals surface area contributed by atoms with Crippen molar-refractivity contribution in [2.45, 2.75) is 51.8 Å². The van der Waals surface area contributed by atoms with E-state index in [-0.39, 0.29) is 30.4 Å². The van der Waals surface area contributed by atoms with Gasteiger partial charge in [0, 0.05) is 20.6 Å². The van der Waals surface area contributed by atoms with E-state index in [4.69, 9.17) is 10.5 Å². The Bertz CT molecular complexity index is 269. The zero-order chi connectivity index (χ0) is 14.3. The predicted molar refractivity (Wildman–Crippen MR) is 71.1 cm³/mol. The summed E-state index contributed by atoms with van der Waals surface area (Å²) in [6.07, 6.45) is 1.40. The van der Waals surface area contributed by atoms with Crippen molar-refractivity contribution in [1.82, 2.24) is 4.90 Å². The fourth-order valence-corrected chi connectivity index (χ4v) is 2.18. The van der Waals surface area contributed by atoms with Crippen molar-refractivity contribution in [1.29, 1.82) is 0 Å². The van der Waals surface area contributed by atoms with Crippen molar-refractivity contribution in [3.63, 3.8) is 0 Å². The zero-order valence-corrected chi connectivity index (χ0v) is 12.1. The van der Waals surface area contributed by atoms with Crippen LogP contribution in [0.5, 0.6) is 0 Å². The summed E-state index contributed by atoms with van der Waals surface area (Å²) in [5.41, 5.74) is 5.77. The van der Waals surface area contributed by atoms with Crippen LogP contribution >= 0.6 is 0 Å². The molecule has 0 saturated heterocycles. The number of likely N-dealkylation sites (N-methyl/N-ethyl adjacent to an activating group) is 1. The van der Waals surface area contributed by atoms with Crippen LogP contribution in [0.2, 0.25) is 0 Å². The number of ether oxygens (including phenoxy) is 1. The summed E-state index contributed by atoms with van der Waals surface area (Å²) in [6, 6.07) is -0.643. The van der Waals surface area contributed by atoms with Crippen molar-refractivity contribution in [2.24, 2.45) is 11.7 Å². The maximum atomic E-state index is 12.1. The Morgan fingerprint density at radius 1 is 1.44 bits per heavy atom. The van der Waals surface area contributed by atoms with Crippen LogP contribution in [0.25, 0.3) is 0 Å². The van der Waals surface area contributed by atoms with E-state index in [2.05, 4.69) is 0 Å². The Kier molecular flexibility index (Phi) is 7.78. The second kappa shape index (κ2) is 8.21. The fourth-order valence-electron chi connectivity index (χ4n) is 2.18. The summed E-state index contributed by atoms with van der Waals surface area (Å²) in [5.74, 6) is 0.0806. The van der Waals surface area contributed by atoms with Crippen LogP contribution in [-0.2, 0) is 14.3 Å². The van der Waals surface area contributed by atoms with Gasteiger partial charge in [-0.05, 0) is 12.3 Å². The molecular formula is C13H26N2O3. The van der Waals surface area contributed by atoms with Crippen molar-refractivity contribution in [3.8, 4) is 0 Å². The minimum absolute atomic E-state index is 0.107. The van der Waals surface area contributed by atoms with Gasteiger partial charge in [0.1, 0.15) is 6.29 Å². The lowest BCUT2D eigenvalue weighted by Crippen LogP contribution is -2.53. The van der Waals surface area contributed by atoms with Crippen molar-refractivity contribution < 1.29 is 14.3 Å². The second-order valence-electron chi connectivity index (χ2n) is 4.88. The maximum absolute atomic E-state index is 12.1. The van der Waals surface area contributed by atoms with Gasteiger partial charge in [-0.3, -0.25) is 4.79 Å². The molecule has 3 atom stereocenters. The first-order valence-corrected chi connectivity index (χ1v) is 6.39. The third kappa shape index (κ3) is 4.38. The summed E-state index contributed by atoms with van der Waals surface area (Å²) in [7, 11) is 3.28. The fraction of sp³-hybridized carbons (Fsp3) is 0.846. The van der Waals surface area contributed by atoms with E-state index in [9.17, 15) is 9.59 Å². The van der Waals surface area contributed by atoms with Crippen molar-refractivity contribution in [3.05, 3.63) is 0 Å². The highest BCUT2D eigenvalue weighted by Crippen LogP contribution is 2.18. The van der Waals surface area contributed by atoms with E-state index in [0.29, 0.717) is 6.42 Å². The Morgan fingerprint density at radius 3 is 2.33 bits per heavy atom. The minimum Gasteiger partial charge on any atom is -0.379 e. The van der Waals surface area contributed by atoms with E-state index in [1.165, 1.54) is 0 Å². The lowest BCUT2D eigenvalue weighted by molar-refractivity contribution is -0.138. The van der Waals surface area contributed by atoms with Crippen LogP contribution in [-0.4, -0.2) is 49.4 Å². The molecule has 18 heavy (non-hydrogen) atoms. The summed E-state index contributed by atoms with van der Waals surface area (Å²) < 4.78 is 5.33. The van der Waals surface area contributed by atoms with Crippen LogP contribution in [0, 0.1) is 5.92 Å². The molecule has 0 saturated carbocycles. The standard InChI is InChI=1S/C13H26N2O3/c1-6-10(14)13(17)15(4)12(9(2)3)11(18-5)7-8-16/h8-12H,6-7,14H2,1-5H3/t10-,11+,12-/m0/s1. The normalized spacial score (nSPS) is 16.2. The van der Waals surface area contributed by atoms with Gasteiger partial charge >= 0.3 is 0 Å². The average Bonchev–Trinajstić information content (AvgIpc) is 2.35. The zero-order valence-electron chi connectivity index (χ0n) is 12.1. The molecule has 0 spiro atoms. The molecule has 5 heteroatoms. The van der Waals surface area contributed by atoms with Crippen molar-refractivity contribution >= 4 is 12.2 Å². The molecule has 0 aromatic carbocycles. The third-order valence-electron chi connectivity index (χ3n) is 3.25. The van der Waals surface area contributed by atoms with Crippen LogP contribution in [0.1, 0.15) is 33.6 Å². The molecule has 5 nitrogen and oxygen atoms in total. The number of amides is 1. The molecule has 0 aromatic heterocycles. The first-order valence-electron chi connectivity index (χ1n) is 6.39. The highest BCUT2D eigenvalue weighted by molar-refractivity contribution is 5.81. The molecule has 106 valence electrons. The summed E-state index contributed by atoms with van der Waals surface area (Å²) >= 11 is 0. The van der Waals surface area contributed by atoms with Crippen molar-refractivity contribution in [2.75, 3.05) is 14.2 Å². The van der Waals surface area contributed by atoms with E-state index >= 15 is 0 Å². The molecule has 0 rings (SSSR count). The number of methoxy groups -OCH3 is 1. The Balaban J connectivity index is 4.97. The minimum atomic E-state index is -0.495. The molecule has 0 aromatic rings. The lowest BCUT2D eigenvalue weighted by atomic mass is 9.94. The van der Waals surface area contributed by atoms with Crippen LogP contribution in [0.15, 0.2) is 0 Å². The monoisotopic (exact) mass is 258 g/mol. The maximum Gasteiger partial charge on any atom is 0.239 e.